The van der Waals surface area contributed by atoms with E-state index < -0.39 is 29.7 Å². The van der Waals surface area contributed by atoms with Crippen molar-refractivity contribution in [1.82, 2.24) is 9.97 Å². The van der Waals surface area contributed by atoms with Gasteiger partial charge in [0.2, 0.25) is 0 Å². The summed E-state index contributed by atoms with van der Waals surface area (Å²) in [6, 6.07) is 16.7. The fourth-order valence-corrected chi connectivity index (χ4v) is 2.22. The number of hydrogen-bond donors (Lipinski definition) is 3. The minimum Gasteiger partial charge on any atom is -0.457 e. The number of H-pyrrole nitrogens is 2. The zero-order valence-electron chi connectivity index (χ0n) is 14.4. The molecule has 1 amide bonds. The first kappa shape index (κ1) is 18.6. The monoisotopic (exact) mass is 381 g/mol. The summed E-state index contributed by atoms with van der Waals surface area (Å²) in [4.78, 5) is 50.0. The van der Waals surface area contributed by atoms with E-state index in [9.17, 15) is 19.2 Å². The highest BCUT2D eigenvalue weighted by atomic mass is 16.5. The normalized spacial score (nSPS) is 10.1. The van der Waals surface area contributed by atoms with Gasteiger partial charge in [-0.3, -0.25) is 14.6 Å². The maximum Gasteiger partial charge on any atom is 0.355 e. The summed E-state index contributed by atoms with van der Waals surface area (Å²) >= 11 is 0. The molecule has 0 aliphatic carbocycles. The Labute approximate surface area is 158 Å². The maximum absolute atomic E-state index is 11.9. The van der Waals surface area contributed by atoms with Crippen molar-refractivity contribution in [2.45, 2.75) is 0 Å². The standard InChI is InChI=1S/C19H15N3O6/c23-16-10-15(21-19(26)22-16)18(25)27-11-17(24)20-12-6-8-14(9-7-12)28-13-4-2-1-3-5-13/h1-10H,11H2,(H,20,24)(H2,21,22,23,26). The molecule has 0 saturated heterocycles. The van der Waals surface area contributed by atoms with E-state index in [1.807, 2.05) is 35.3 Å². The van der Waals surface area contributed by atoms with Crippen LogP contribution in [0, 0.1) is 0 Å². The third-order valence-electron chi connectivity index (χ3n) is 3.43. The minimum atomic E-state index is -0.995. The molecule has 3 rings (SSSR count). The Morgan fingerprint density at radius 2 is 1.57 bits per heavy atom. The molecule has 0 unspecified atom stereocenters. The van der Waals surface area contributed by atoms with E-state index >= 15 is 0 Å². The number of carbonyl (C=O) groups excluding carboxylic acids is 2. The molecular formula is C19H15N3O6. The minimum absolute atomic E-state index is 0.344. The molecule has 2 aromatic carbocycles. The third-order valence-corrected chi connectivity index (χ3v) is 3.43. The first-order chi connectivity index (χ1) is 13.5. The maximum atomic E-state index is 11.9. The largest absolute Gasteiger partial charge is 0.457 e. The molecule has 0 spiro atoms. The number of benzene rings is 2. The highest BCUT2D eigenvalue weighted by Crippen LogP contribution is 2.22. The number of amides is 1. The van der Waals surface area contributed by atoms with Crippen LogP contribution in [0.25, 0.3) is 0 Å². The van der Waals surface area contributed by atoms with Crippen LogP contribution in [0.5, 0.6) is 11.5 Å². The summed E-state index contributed by atoms with van der Waals surface area (Å²) in [6.45, 7) is -0.587. The Morgan fingerprint density at radius 1 is 0.893 bits per heavy atom. The summed E-state index contributed by atoms with van der Waals surface area (Å²) in [7, 11) is 0. The number of aromatic amines is 2. The Hall–Kier alpha value is -4.14. The summed E-state index contributed by atoms with van der Waals surface area (Å²) in [5, 5.41) is 2.55. The van der Waals surface area contributed by atoms with Crippen molar-refractivity contribution in [3.8, 4) is 11.5 Å². The Kier molecular flexibility index (Phi) is 5.66. The van der Waals surface area contributed by atoms with Gasteiger partial charge in [0, 0.05) is 11.8 Å². The van der Waals surface area contributed by atoms with Gasteiger partial charge in [-0.2, -0.15) is 0 Å². The number of ether oxygens (including phenoxy) is 2. The van der Waals surface area contributed by atoms with E-state index in [-0.39, 0.29) is 5.69 Å². The lowest BCUT2D eigenvalue weighted by Gasteiger charge is -2.08. The molecule has 9 nitrogen and oxygen atoms in total. The van der Waals surface area contributed by atoms with Crippen LogP contribution in [0.15, 0.2) is 70.3 Å². The van der Waals surface area contributed by atoms with Crippen molar-refractivity contribution in [3.05, 3.63) is 87.2 Å². The lowest BCUT2D eigenvalue weighted by Crippen LogP contribution is -2.27. The summed E-state index contributed by atoms with van der Waals surface area (Å²) in [6.07, 6.45) is 0. The molecule has 1 heterocycles. The number of esters is 1. The van der Waals surface area contributed by atoms with E-state index in [0.717, 1.165) is 6.07 Å². The van der Waals surface area contributed by atoms with Gasteiger partial charge in [0.25, 0.3) is 11.5 Å². The first-order valence-corrected chi connectivity index (χ1v) is 8.13. The number of carbonyl (C=O) groups is 2. The van der Waals surface area contributed by atoms with Crippen molar-refractivity contribution in [1.29, 1.82) is 0 Å². The number of para-hydroxylation sites is 1. The van der Waals surface area contributed by atoms with Crippen molar-refractivity contribution in [2.75, 3.05) is 11.9 Å². The number of hydrogen-bond acceptors (Lipinski definition) is 6. The van der Waals surface area contributed by atoms with Crippen LogP contribution in [-0.2, 0) is 9.53 Å². The van der Waals surface area contributed by atoms with Gasteiger partial charge in [-0.25, -0.2) is 9.59 Å². The molecule has 0 aliphatic heterocycles. The smallest absolute Gasteiger partial charge is 0.355 e. The molecule has 0 fully saturated rings. The number of aromatic nitrogens is 2. The third kappa shape index (κ3) is 5.18. The Bertz CT molecular complexity index is 1060. The van der Waals surface area contributed by atoms with Crippen LogP contribution < -0.4 is 21.3 Å². The topological polar surface area (TPSA) is 130 Å². The van der Waals surface area contributed by atoms with Gasteiger partial charge >= 0.3 is 11.7 Å². The number of nitrogens with one attached hydrogen (secondary N) is 3. The fourth-order valence-electron chi connectivity index (χ4n) is 2.22. The average molecular weight is 381 g/mol. The van der Waals surface area contributed by atoms with Crippen molar-refractivity contribution < 1.29 is 19.1 Å². The molecule has 28 heavy (non-hydrogen) atoms. The predicted octanol–water partition coefficient (Wildman–Crippen LogP) is 1.65. The van der Waals surface area contributed by atoms with Crippen molar-refractivity contribution in [2.24, 2.45) is 0 Å². The molecule has 0 aliphatic rings. The van der Waals surface area contributed by atoms with Crippen LogP contribution in [-0.4, -0.2) is 28.5 Å². The van der Waals surface area contributed by atoms with Gasteiger partial charge in [-0.15, -0.1) is 0 Å². The summed E-state index contributed by atoms with van der Waals surface area (Å²) < 4.78 is 10.4. The average Bonchev–Trinajstić information content (AvgIpc) is 2.68. The zero-order chi connectivity index (χ0) is 19.9. The van der Waals surface area contributed by atoms with Crippen molar-refractivity contribution >= 4 is 17.6 Å². The second-order valence-corrected chi connectivity index (χ2v) is 5.57. The Morgan fingerprint density at radius 3 is 2.25 bits per heavy atom. The second-order valence-electron chi connectivity index (χ2n) is 5.57. The van der Waals surface area contributed by atoms with Crippen molar-refractivity contribution in [3.63, 3.8) is 0 Å². The van der Waals surface area contributed by atoms with Gasteiger partial charge in [0.1, 0.15) is 17.2 Å². The van der Waals surface area contributed by atoms with Crippen LogP contribution >= 0.6 is 0 Å². The van der Waals surface area contributed by atoms with Gasteiger partial charge in [0.05, 0.1) is 0 Å². The zero-order valence-corrected chi connectivity index (χ0v) is 14.4. The fraction of sp³-hybridized carbons (Fsp3) is 0.0526. The van der Waals surface area contributed by atoms with E-state index in [0.29, 0.717) is 17.2 Å². The summed E-state index contributed by atoms with van der Waals surface area (Å²) in [5.74, 6) is -0.305. The quantitative estimate of drug-likeness (QED) is 0.557. The molecule has 1 aromatic heterocycles. The molecule has 0 saturated carbocycles. The Balaban J connectivity index is 1.52. The molecule has 0 radical (unpaired) electrons. The molecule has 9 heteroatoms. The highest BCUT2D eigenvalue weighted by molar-refractivity contribution is 5.94. The lowest BCUT2D eigenvalue weighted by molar-refractivity contribution is -0.119. The van der Waals surface area contributed by atoms with Crippen LogP contribution in [0.4, 0.5) is 5.69 Å². The first-order valence-electron chi connectivity index (χ1n) is 8.13. The summed E-state index contributed by atoms with van der Waals surface area (Å²) in [5.41, 5.74) is -1.46. The van der Waals surface area contributed by atoms with Gasteiger partial charge in [-0.05, 0) is 36.4 Å². The molecule has 0 atom stereocenters. The van der Waals surface area contributed by atoms with Gasteiger partial charge in [-0.1, -0.05) is 18.2 Å². The van der Waals surface area contributed by atoms with Crippen LogP contribution in [0.1, 0.15) is 10.5 Å². The number of rotatable bonds is 6. The molecular weight excluding hydrogens is 366 g/mol. The highest BCUT2D eigenvalue weighted by Gasteiger charge is 2.12. The number of anilines is 1. The van der Waals surface area contributed by atoms with Gasteiger partial charge < -0.3 is 19.8 Å². The SMILES string of the molecule is O=C(COC(=O)c1cc(=O)[nH]c(=O)[nH]1)Nc1ccc(Oc2ccccc2)cc1. The molecule has 3 aromatic rings. The van der Waals surface area contributed by atoms with E-state index in [2.05, 4.69) is 10.3 Å². The molecule has 0 bridgehead atoms. The predicted molar refractivity (Wildman–Crippen MR) is 99.6 cm³/mol. The van der Waals surface area contributed by atoms with E-state index in [4.69, 9.17) is 9.47 Å². The van der Waals surface area contributed by atoms with E-state index in [1.165, 1.54) is 0 Å². The molecule has 142 valence electrons. The van der Waals surface area contributed by atoms with Gasteiger partial charge in [0.15, 0.2) is 6.61 Å². The molecule has 3 N–H and O–H groups in total. The van der Waals surface area contributed by atoms with Crippen LogP contribution in [0.3, 0.4) is 0 Å². The van der Waals surface area contributed by atoms with E-state index in [1.54, 1.807) is 24.3 Å². The lowest BCUT2D eigenvalue weighted by atomic mass is 10.3. The van der Waals surface area contributed by atoms with Crippen LogP contribution in [0.2, 0.25) is 0 Å². The second kappa shape index (κ2) is 8.49.